The molecule has 0 aliphatic carbocycles. The van der Waals surface area contributed by atoms with E-state index >= 15 is 0 Å². The summed E-state index contributed by atoms with van der Waals surface area (Å²) in [5, 5.41) is 14.2. The van der Waals surface area contributed by atoms with Crippen LogP contribution in [0.5, 0.6) is 0 Å². The van der Waals surface area contributed by atoms with Gasteiger partial charge in [0, 0.05) is 24.9 Å². The van der Waals surface area contributed by atoms with Gasteiger partial charge in [-0.2, -0.15) is 5.10 Å². The first-order valence-electron chi connectivity index (χ1n) is 5.47. The third kappa shape index (κ3) is 2.14. The number of rotatable bonds is 4. The molecule has 1 heterocycles. The Morgan fingerprint density at radius 1 is 1.53 bits per heavy atom. The summed E-state index contributed by atoms with van der Waals surface area (Å²) < 4.78 is 1.73. The lowest BCUT2D eigenvalue weighted by Gasteiger charge is -2.13. The SMILES string of the molecule is Cn1nc2ccccc2c1C(CN)CC(=O)O. The summed E-state index contributed by atoms with van der Waals surface area (Å²) in [6.45, 7) is 0.301. The van der Waals surface area contributed by atoms with Gasteiger partial charge in [-0.15, -0.1) is 0 Å². The molecule has 0 aliphatic heterocycles. The van der Waals surface area contributed by atoms with Crippen LogP contribution in [0.4, 0.5) is 0 Å². The zero-order valence-electron chi connectivity index (χ0n) is 9.63. The van der Waals surface area contributed by atoms with Gasteiger partial charge < -0.3 is 10.8 Å². The number of hydrogen-bond acceptors (Lipinski definition) is 3. The number of carboxylic acid groups (broad SMARTS) is 1. The minimum absolute atomic E-state index is 0.0278. The minimum atomic E-state index is -0.842. The number of benzene rings is 1. The Kier molecular flexibility index (Phi) is 3.10. The molecule has 90 valence electrons. The molecular formula is C12H15N3O2. The number of nitrogens with two attached hydrogens (primary N) is 1. The lowest BCUT2D eigenvalue weighted by molar-refractivity contribution is -0.137. The van der Waals surface area contributed by atoms with Gasteiger partial charge in [-0.05, 0) is 6.07 Å². The first-order valence-corrected chi connectivity index (χ1v) is 5.47. The van der Waals surface area contributed by atoms with Crippen LogP contribution in [-0.4, -0.2) is 27.4 Å². The molecule has 2 rings (SSSR count). The Hall–Kier alpha value is -1.88. The molecule has 17 heavy (non-hydrogen) atoms. The summed E-state index contributed by atoms with van der Waals surface area (Å²) in [4.78, 5) is 10.8. The Morgan fingerprint density at radius 3 is 2.88 bits per heavy atom. The van der Waals surface area contributed by atoms with E-state index in [0.29, 0.717) is 6.54 Å². The fourth-order valence-electron chi connectivity index (χ4n) is 2.15. The van der Waals surface area contributed by atoms with Crippen LogP contribution in [-0.2, 0) is 11.8 Å². The molecule has 0 amide bonds. The second-order valence-corrected chi connectivity index (χ2v) is 4.06. The van der Waals surface area contributed by atoms with Crippen LogP contribution >= 0.6 is 0 Å². The van der Waals surface area contributed by atoms with Gasteiger partial charge in [-0.25, -0.2) is 0 Å². The number of aromatic nitrogens is 2. The van der Waals surface area contributed by atoms with E-state index in [1.165, 1.54) is 0 Å². The van der Waals surface area contributed by atoms with Crippen molar-refractivity contribution in [3.05, 3.63) is 30.0 Å². The maximum absolute atomic E-state index is 10.8. The molecule has 0 aliphatic rings. The predicted octanol–water partition coefficient (Wildman–Crippen LogP) is 1.09. The maximum Gasteiger partial charge on any atom is 0.304 e. The molecule has 0 spiro atoms. The normalized spacial score (nSPS) is 12.8. The average Bonchev–Trinajstić information content (AvgIpc) is 2.62. The van der Waals surface area contributed by atoms with Gasteiger partial charge in [0.25, 0.3) is 0 Å². The zero-order valence-corrected chi connectivity index (χ0v) is 9.63. The highest BCUT2D eigenvalue weighted by atomic mass is 16.4. The van der Waals surface area contributed by atoms with Gasteiger partial charge in [-0.1, -0.05) is 18.2 Å². The van der Waals surface area contributed by atoms with E-state index in [4.69, 9.17) is 10.8 Å². The third-order valence-electron chi connectivity index (χ3n) is 2.88. The van der Waals surface area contributed by atoms with Gasteiger partial charge in [0.05, 0.1) is 17.6 Å². The van der Waals surface area contributed by atoms with Gasteiger partial charge in [0.2, 0.25) is 0 Å². The van der Waals surface area contributed by atoms with E-state index in [2.05, 4.69) is 5.10 Å². The van der Waals surface area contributed by atoms with Crippen molar-refractivity contribution in [3.63, 3.8) is 0 Å². The summed E-state index contributed by atoms with van der Waals surface area (Å²) in [6, 6.07) is 7.69. The number of aliphatic carboxylic acids is 1. The molecular weight excluding hydrogens is 218 g/mol. The smallest absolute Gasteiger partial charge is 0.304 e. The first-order chi connectivity index (χ1) is 8.13. The number of fused-ring (bicyclic) bond motifs is 1. The van der Waals surface area contributed by atoms with Gasteiger partial charge >= 0.3 is 5.97 Å². The van der Waals surface area contributed by atoms with Crippen molar-refractivity contribution in [2.75, 3.05) is 6.54 Å². The van der Waals surface area contributed by atoms with Crippen LogP contribution in [0.2, 0.25) is 0 Å². The summed E-state index contributed by atoms with van der Waals surface area (Å²) in [7, 11) is 1.82. The number of aryl methyl sites for hydroxylation is 1. The molecule has 0 radical (unpaired) electrons. The Balaban J connectivity index is 2.52. The number of carboxylic acids is 1. The van der Waals surface area contributed by atoms with E-state index < -0.39 is 5.97 Å². The highest BCUT2D eigenvalue weighted by Gasteiger charge is 2.20. The molecule has 1 aromatic heterocycles. The lowest BCUT2D eigenvalue weighted by Crippen LogP contribution is -2.19. The third-order valence-corrected chi connectivity index (χ3v) is 2.88. The predicted molar refractivity (Wildman–Crippen MR) is 64.8 cm³/mol. The Labute approximate surface area is 98.8 Å². The average molecular weight is 233 g/mol. The van der Waals surface area contributed by atoms with Crippen LogP contribution in [0.3, 0.4) is 0 Å². The molecule has 0 saturated carbocycles. The fraction of sp³-hybridized carbons (Fsp3) is 0.333. The first kappa shape index (κ1) is 11.6. The molecule has 1 aromatic carbocycles. The largest absolute Gasteiger partial charge is 0.481 e. The van der Waals surface area contributed by atoms with Crippen LogP contribution < -0.4 is 5.73 Å². The van der Waals surface area contributed by atoms with Crippen molar-refractivity contribution < 1.29 is 9.90 Å². The lowest BCUT2D eigenvalue weighted by atomic mass is 9.98. The van der Waals surface area contributed by atoms with Crippen molar-refractivity contribution in [2.45, 2.75) is 12.3 Å². The second-order valence-electron chi connectivity index (χ2n) is 4.06. The van der Waals surface area contributed by atoms with E-state index in [9.17, 15) is 4.79 Å². The number of hydrogen-bond donors (Lipinski definition) is 2. The highest BCUT2D eigenvalue weighted by Crippen LogP contribution is 2.26. The van der Waals surface area contributed by atoms with Crippen molar-refractivity contribution in [3.8, 4) is 0 Å². The van der Waals surface area contributed by atoms with Gasteiger partial charge in [0.15, 0.2) is 0 Å². The van der Waals surface area contributed by atoms with Gasteiger partial charge in [0.1, 0.15) is 0 Å². The number of carbonyl (C=O) groups is 1. The standard InChI is InChI=1S/C12H15N3O2/c1-15-12(8(7-13)6-11(16)17)9-4-2-3-5-10(9)14-15/h2-5,8H,6-7,13H2,1H3,(H,16,17). The summed E-state index contributed by atoms with van der Waals surface area (Å²) in [5.74, 6) is -1.05. The van der Waals surface area contributed by atoms with Crippen LogP contribution in [0.25, 0.3) is 10.9 Å². The maximum atomic E-state index is 10.8. The van der Waals surface area contributed by atoms with E-state index in [1.807, 2.05) is 31.3 Å². The topological polar surface area (TPSA) is 81.1 Å². The highest BCUT2D eigenvalue weighted by molar-refractivity contribution is 5.82. The van der Waals surface area contributed by atoms with E-state index in [0.717, 1.165) is 16.6 Å². The monoisotopic (exact) mass is 233 g/mol. The molecule has 3 N–H and O–H groups in total. The van der Waals surface area contributed by atoms with Crippen LogP contribution in [0, 0.1) is 0 Å². The molecule has 5 heteroatoms. The second kappa shape index (κ2) is 4.55. The molecule has 1 unspecified atom stereocenters. The summed E-state index contributed by atoms with van der Waals surface area (Å²) >= 11 is 0. The Morgan fingerprint density at radius 2 is 2.24 bits per heavy atom. The van der Waals surface area contributed by atoms with Gasteiger partial charge in [-0.3, -0.25) is 9.48 Å². The number of nitrogens with zero attached hydrogens (tertiary/aromatic N) is 2. The van der Waals surface area contributed by atoms with Crippen molar-refractivity contribution in [1.82, 2.24) is 9.78 Å². The molecule has 0 bridgehead atoms. The quantitative estimate of drug-likeness (QED) is 0.828. The molecule has 0 fully saturated rings. The molecule has 1 atom stereocenters. The summed E-state index contributed by atoms with van der Waals surface area (Å²) in [5.41, 5.74) is 7.43. The molecule has 2 aromatic rings. The minimum Gasteiger partial charge on any atom is -0.481 e. The summed E-state index contributed by atoms with van der Waals surface area (Å²) in [6.07, 6.45) is 0.0278. The molecule has 5 nitrogen and oxygen atoms in total. The zero-order chi connectivity index (χ0) is 12.4. The van der Waals surface area contributed by atoms with Crippen LogP contribution in [0.1, 0.15) is 18.0 Å². The van der Waals surface area contributed by atoms with E-state index in [1.54, 1.807) is 4.68 Å². The van der Waals surface area contributed by atoms with Crippen molar-refractivity contribution in [2.24, 2.45) is 12.8 Å². The van der Waals surface area contributed by atoms with Crippen molar-refractivity contribution >= 4 is 16.9 Å². The fourth-order valence-corrected chi connectivity index (χ4v) is 2.15. The van der Waals surface area contributed by atoms with Crippen molar-refractivity contribution in [1.29, 1.82) is 0 Å². The van der Waals surface area contributed by atoms with E-state index in [-0.39, 0.29) is 12.3 Å². The van der Waals surface area contributed by atoms with Crippen LogP contribution in [0.15, 0.2) is 24.3 Å². The Bertz CT molecular complexity index is 548. The molecule has 0 saturated heterocycles.